The summed E-state index contributed by atoms with van der Waals surface area (Å²) in [6, 6.07) is 0. The molecule has 6 nitrogen and oxygen atoms in total. The Bertz CT molecular complexity index is 365. The predicted octanol–water partition coefficient (Wildman–Crippen LogP) is -0.166. The highest BCUT2D eigenvalue weighted by Gasteiger charge is 2.08. The lowest BCUT2D eigenvalue weighted by molar-refractivity contribution is -0.130. The summed E-state index contributed by atoms with van der Waals surface area (Å²) in [5.41, 5.74) is 5.90. The molecule has 0 atom stereocenters. The first-order valence-corrected chi connectivity index (χ1v) is 4.42. The van der Waals surface area contributed by atoms with Crippen LogP contribution in [0.3, 0.4) is 0 Å². The van der Waals surface area contributed by atoms with Crippen molar-refractivity contribution in [1.82, 2.24) is 14.9 Å². The normalized spacial score (nSPS) is 9.80. The van der Waals surface area contributed by atoms with Crippen molar-refractivity contribution in [2.45, 2.75) is 6.92 Å². The molecule has 0 aliphatic carbocycles. The Labute approximate surface area is 88.1 Å². The maximum atomic E-state index is 11.2. The average molecular weight is 210 g/mol. The summed E-state index contributed by atoms with van der Waals surface area (Å²) in [4.78, 5) is 20.5. The number of aryl methyl sites for hydroxylation is 1. The van der Waals surface area contributed by atoms with Gasteiger partial charge in [-0.25, -0.2) is 4.98 Å². The number of likely N-dealkylation sites (N-methyl/N-ethyl adjacent to an activating group) is 1. The fourth-order valence-electron chi connectivity index (χ4n) is 0.833. The number of anilines is 1. The van der Waals surface area contributed by atoms with Gasteiger partial charge in [-0.2, -0.15) is 4.98 Å². The van der Waals surface area contributed by atoms with E-state index in [2.05, 4.69) is 9.97 Å². The Balaban J connectivity index is 2.65. The molecule has 0 fully saturated rings. The molecule has 82 valence electrons. The zero-order valence-corrected chi connectivity index (χ0v) is 9.02. The van der Waals surface area contributed by atoms with E-state index < -0.39 is 0 Å². The highest BCUT2D eigenvalue weighted by molar-refractivity contribution is 5.77. The molecule has 1 heterocycles. The van der Waals surface area contributed by atoms with E-state index in [-0.39, 0.29) is 18.4 Å². The van der Waals surface area contributed by atoms with E-state index >= 15 is 0 Å². The van der Waals surface area contributed by atoms with Crippen molar-refractivity contribution < 1.29 is 9.53 Å². The third-order valence-electron chi connectivity index (χ3n) is 1.73. The predicted molar refractivity (Wildman–Crippen MR) is 55.4 cm³/mol. The third kappa shape index (κ3) is 3.08. The molecule has 15 heavy (non-hydrogen) atoms. The van der Waals surface area contributed by atoms with Crippen molar-refractivity contribution in [1.29, 1.82) is 0 Å². The van der Waals surface area contributed by atoms with E-state index in [9.17, 15) is 4.79 Å². The average Bonchev–Trinajstić information content (AvgIpc) is 2.18. The van der Waals surface area contributed by atoms with E-state index in [0.717, 1.165) is 0 Å². The number of nitrogens with zero attached hydrogens (tertiary/aromatic N) is 3. The quantitative estimate of drug-likeness (QED) is 0.749. The second-order valence-electron chi connectivity index (χ2n) is 3.25. The summed E-state index contributed by atoms with van der Waals surface area (Å²) in [5.74, 6) is 0.653. The lowest BCUT2D eigenvalue weighted by atomic mass is 10.5. The van der Waals surface area contributed by atoms with Crippen LogP contribution in [0, 0.1) is 6.92 Å². The minimum Gasteiger partial charge on any atom is -0.466 e. The number of nitrogen functional groups attached to an aromatic ring is 1. The van der Waals surface area contributed by atoms with Gasteiger partial charge in [-0.15, -0.1) is 0 Å². The number of nitrogens with two attached hydrogens (primary N) is 1. The molecular weight excluding hydrogens is 196 g/mol. The maximum Gasteiger partial charge on any atom is 0.260 e. The van der Waals surface area contributed by atoms with E-state index in [1.165, 1.54) is 11.1 Å². The van der Waals surface area contributed by atoms with Gasteiger partial charge in [0.25, 0.3) is 5.91 Å². The minimum absolute atomic E-state index is 0.0757. The van der Waals surface area contributed by atoms with Crippen molar-refractivity contribution in [3.8, 4) is 5.88 Å². The molecule has 0 saturated carbocycles. The Hall–Kier alpha value is -1.85. The van der Waals surface area contributed by atoms with Crippen LogP contribution >= 0.6 is 0 Å². The summed E-state index contributed by atoms with van der Waals surface area (Å²) >= 11 is 0. The van der Waals surface area contributed by atoms with Crippen LogP contribution < -0.4 is 10.5 Å². The van der Waals surface area contributed by atoms with Gasteiger partial charge >= 0.3 is 0 Å². The Morgan fingerprint density at radius 2 is 2.27 bits per heavy atom. The first-order chi connectivity index (χ1) is 7.00. The van der Waals surface area contributed by atoms with Crippen LogP contribution in [-0.4, -0.2) is 41.5 Å². The first-order valence-electron chi connectivity index (χ1n) is 4.42. The molecule has 1 amide bonds. The minimum atomic E-state index is -0.148. The molecule has 0 saturated heterocycles. The molecule has 0 radical (unpaired) electrons. The second kappa shape index (κ2) is 4.59. The van der Waals surface area contributed by atoms with Gasteiger partial charge in [0, 0.05) is 14.1 Å². The third-order valence-corrected chi connectivity index (χ3v) is 1.73. The summed E-state index contributed by atoms with van der Waals surface area (Å²) in [5, 5.41) is 0. The lowest BCUT2D eigenvalue weighted by Gasteiger charge is -2.11. The van der Waals surface area contributed by atoms with Crippen molar-refractivity contribution in [3.63, 3.8) is 0 Å². The standard InChI is InChI=1S/C9H14N4O2/c1-6-11-4-7(10)9(12-6)15-5-8(14)13(2)3/h4H,5,10H2,1-3H3. The molecule has 0 spiro atoms. The molecule has 6 heteroatoms. The largest absolute Gasteiger partial charge is 0.466 e. The lowest BCUT2D eigenvalue weighted by Crippen LogP contribution is -2.27. The zero-order valence-electron chi connectivity index (χ0n) is 9.02. The Morgan fingerprint density at radius 3 is 2.87 bits per heavy atom. The van der Waals surface area contributed by atoms with Gasteiger partial charge in [-0.3, -0.25) is 4.79 Å². The maximum absolute atomic E-state index is 11.2. The van der Waals surface area contributed by atoms with E-state index in [1.54, 1.807) is 21.0 Å². The number of carbonyl (C=O) groups is 1. The number of hydrogen-bond acceptors (Lipinski definition) is 5. The fourth-order valence-corrected chi connectivity index (χ4v) is 0.833. The topological polar surface area (TPSA) is 81.3 Å². The van der Waals surface area contributed by atoms with Crippen LogP contribution in [0.5, 0.6) is 5.88 Å². The molecule has 0 bridgehead atoms. The molecule has 0 aliphatic rings. The highest BCUT2D eigenvalue weighted by Crippen LogP contribution is 2.15. The molecule has 1 rings (SSSR count). The Kier molecular flexibility index (Phi) is 3.43. The molecule has 0 aliphatic heterocycles. The van der Waals surface area contributed by atoms with Gasteiger partial charge in [0.05, 0.1) is 6.20 Å². The van der Waals surface area contributed by atoms with Gasteiger partial charge in [0.15, 0.2) is 6.61 Å². The van der Waals surface area contributed by atoms with Crippen LogP contribution in [0.1, 0.15) is 5.82 Å². The van der Waals surface area contributed by atoms with Crippen LogP contribution in [0.4, 0.5) is 5.69 Å². The molecule has 2 N–H and O–H groups in total. The Morgan fingerprint density at radius 1 is 1.60 bits per heavy atom. The summed E-state index contributed by atoms with van der Waals surface area (Å²) < 4.78 is 5.17. The summed E-state index contributed by atoms with van der Waals surface area (Å²) in [6.07, 6.45) is 1.46. The van der Waals surface area contributed by atoms with E-state index in [1.807, 2.05) is 0 Å². The van der Waals surface area contributed by atoms with Crippen LogP contribution in [0.25, 0.3) is 0 Å². The summed E-state index contributed by atoms with van der Waals surface area (Å²) in [7, 11) is 3.31. The van der Waals surface area contributed by atoms with Crippen molar-refractivity contribution in [3.05, 3.63) is 12.0 Å². The van der Waals surface area contributed by atoms with Gasteiger partial charge in [-0.1, -0.05) is 0 Å². The second-order valence-corrected chi connectivity index (χ2v) is 3.25. The van der Waals surface area contributed by atoms with Crippen LogP contribution in [0.2, 0.25) is 0 Å². The molecular formula is C9H14N4O2. The molecule has 1 aromatic rings. The molecule has 0 aromatic carbocycles. The first kappa shape index (κ1) is 11.2. The van der Waals surface area contributed by atoms with Crippen molar-refractivity contribution >= 4 is 11.6 Å². The smallest absolute Gasteiger partial charge is 0.260 e. The van der Waals surface area contributed by atoms with Gasteiger partial charge < -0.3 is 15.4 Å². The zero-order chi connectivity index (χ0) is 11.4. The SMILES string of the molecule is Cc1ncc(N)c(OCC(=O)N(C)C)n1. The number of carbonyl (C=O) groups excluding carboxylic acids is 1. The molecule has 1 aromatic heterocycles. The molecule has 0 unspecified atom stereocenters. The van der Waals surface area contributed by atoms with E-state index in [0.29, 0.717) is 11.5 Å². The monoisotopic (exact) mass is 210 g/mol. The number of ether oxygens (including phenoxy) is 1. The van der Waals surface area contributed by atoms with Crippen molar-refractivity contribution in [2.75, 3.05) is 26.4 Å². The number of aromatic nitrogens is 2. The van der Waals surface area contributed by atoms with Crippen LogP contribution in [-0.2, 0) is 4.79 Å². The fraction of sp³-hybridized carbons (Fsp3) is 0.444. The number of amides is 1. The van der Waals surface area contributed by atoms with Gasteiger partial charge in [0.1, 0.15) is 11.5 Å². The van der Waals surface area contributed by atoms with E-state index in [4.69, 9.17) is 10.5 Å². The van der Waals surface area contributed by atoms with Gasteiger partial charge in [0.2, 0.25) is 5.88 Å². The van der Waals surface area contributed by atoms with Crippen LogP contribution in [0.15, 0.2) is 6.20 Å². The number of hydrogen-bond donors (Lipinski definition) is 1. The summed E-state index contributed by atoms with van der Waals surface area (Å²) in [6.45, 7) is 1.65. The highest BCUT2D eigenvalue weighted by atomic mass is 16.5. The number of rotatable bonds is 3. The van der Waals surface area contributed by atoms with Crippen molar-refractivity contribution in [2.24, 2.45) is 0 Å². The van der Waals surface area contributed by atoms with Gasteiger partial charge in [-0.05, 0) is 6.92 Å².